The first kappa shape index (κ1) is 9.00. The lowest BCUT2D eigenvalue weighted by Crippen LogP contribution is -2.07. The quantitative estimate of drug-likeness (QED) is 0.719. The number of rotatable bonds is 3. The van der Waals surface area contributed by atoms with E-state index in [4.69, 9.17) is 5.11 Å². The fourth-order valence-electron chi connectivity index (χ4n) is 0.990. The van der Waals surface area contributed by atoms with Gasteiger partial charge in [-0.3, -0.25) is 0 Å². The highest BCUT2D eigenvalue weighted by molar-refractivity contribution is 5.50. The Hall–Kier alpha value is -1.09. The van der Waals surface area contributed by atoms with E-state index in [1.54, 1.807) is 19.1 Å². The Balaban J connectivity index is 2.78. The summed E-state index contributed by atoms with van der Waals surface area (Å²) in [6, 6.07) is 4.84. The van der Waals surface area contributed by atoms with Crippen LogP contribution in [0.1, 0.15) is 5.56 Å². The molecule has 66 valence electrons. The van der Waals surface area contributed by atoms with Crippen molar-refractivity contribution >= 4 is 5.69 Å². The molecular formula is C9H12FNO. The summed E-state index contributed by atoms with van der Waals surface area (Å²) < 4.78 is 12.9. The predicted molar refractivity (Wildman–Crippen MR) is 46.7 cm³/mol. The number of nitrogens with one attached hydrogen (secondary N) is 1. The van der Waals surface area contributed by atoms with E-state index in [1.165, 1.54) is 6.07 Å². The monoisotopic (exact) mass is 169 g/mol. The molecule has 1 aromatic rings. The second-order valence-electron chi connectivity index (χ2n) is 2.56. The third-order valence-corrected chi connectivity index (χ3v) is 1.69. The van der Waals surface area contributed by atoms with Gasteiger partial charge in [-0.15, -0.1) is 0 Å². The maximum absolute atomic E-state index is 12.9. The Morgan fingerprint density at radius 1 is 1.50 bits per heavy atom. The molecule has 0 amide bonds. The van der Waals surface area contributed by atoms with Crippen LogP contribution < -0.4 is 5.32 Å². The number of anilines is 1. The maximum atomic E-state index is 12.9. The van der Waals surface area contributed by atoms with Crippen LogP contribution in [0, 0.1) is 12.7 Å². The van der Waals surface area contributed by atoms with Crippen molar-refractivity contribution in [3.63, 3.8) is 0 Å². The Kier molecular flexibility index (Phi) is 3.05. The average Bonchev–Trinajstić information content (AvgIpc) is 2.08. The van der Waals surface area contributed by atoms with E-state index in [2.05, 4.69) is 5.32 Å². The van der Waals surface area contributed by atoms with Gasteiger partial charge in [0.15, 0.2) is 0 Å². The van der Waals surface area contributed by atoms with E-state index < -0.39 is 0 Å². The lowest BCUT2D eigenvalue weighted by molar-refractivity contribution is 0.311. The fourth-order valence-corrected chi connectivity index (χ4v) is 0.990. The Morgan fingerprint density at radius 3 is 2.92 bits per heavy atom. The van der Waals surface area contributed by atoms with Gasteiger partial charge in [-0.2, -0.15) is 0 Å². The van der Waals surface area contributed by atoms with E-state index in [0.29, 0.717) is 12.1 Å². The van der Waals surface area contributed by atoms with E-state index in [0.717, 1.165) is 5.69 Å². The number of aliphatic hydroxyl groups is 1. The summed E-state index contributed by atoms with van der Waals surface area (Å²) in [6.07, 6.45) is 0. The summed E-state index contributed by atoms with van der Waals surface area (Å²) in [5.74, 6) is -0.224. The first-order valence-corrected chi connectivity index (χ1v) is 3.85. The van der Waals surface area contributed by atoms with Gasteiger partial charge in [0.25, 0.3) is 0 Å². The number of hydrogen-bond donors (Lipinski definition) is 2. The van der Waals surface area contributed by atoms with E-state index in [9.17, 15) is 4.39 Å². The molecule has 2 N–H and O–H groups in total. The molecule has 0 saturated heterocycles. The molecule has 0 saturated carbocycles. The first-order chi connectivity index (χ1) is 5.75. The van der Waals surface area contributed by atoms with Gasteiger partial charge in [-0.05, 0) is 19.1 Å². The Labute approximate surface area is 71.0 Å². The maximum Gasteiger partial charge on any atom is 0.128 e. The van der Waals surface area contributed by atoms with Crippen LogP contribution >= 0.6 is 0 Å². The molecule has 0 atom stereocenters. The van der Waals surface area contributed by atoms with Gasteiger partial charge in [0, 0.05) is 17.8 Å². The minimum absolute atomic E-state index is 0.0515. The van der Waals surface area contributed by atoms with Crippen LogP contribution in [0.3, 0.4) is 0 Å². The molecule has 0 heterocycles. The Morgan fingerprint density at radius 2 is 2.25 bits per heavy atom. The van der Waals surface area contributed by atoms with Gasteiger partial charge in [0.05, 0.1) is 6.61 Å². The number of hydrogen-bond acceptors (Lipinski definition) is 2. The summed E-state index contributed by atoms with van der Waals surface area (Å²) in [4.78, 5) is 0. The highest BCUT2D eigenvalue weighted by atomic mass is 19.1. The zero-order valence-electron chi connectivity index (χ0n) is 6.97. The van der Waals surface area contributed by atoms with Gasteiger partial charge < -0.3 is 10.4 Å². The van der Waals surface area contributed by atoms with Crippen molar-refractivity contribution in [3.05, 3.63) is 29.6 Å². The number of halogens is 1. The molecule has 0 radical (unpaired) electrons. The van der Waals surface area contributed by atoms with Gasteiger partial charge >= 0.3 is 0 Å². The third-order valence-electron chi connectivity index (χ3n) is 1.69. The van der Waals surface area contributed by atoms with Crippen LogP contribution in [0.15, 0.2) is 18.2 Å². The minimum atomic E-state index is -0.224. The zero-order chi connectivity index (χ0) is 8.97. The molecule has 0 bridgehead atoms. The number of benzene rings is 1. The molecule has 1 aromatic carbocycles. The van der Waals surface area contributed by atoms with Crippen molar-refractivity contribution in [2.75, 3.05) is 18.5 Å². The van der Waals surface area contributed by atoms with Gasteiger partial charge in [0.1, 0.15) is 5.82 Å². The fraction of sp³-hybridized carbons (Fsp3) is 0.333. The van der Waals surface area contributed by atoms with Crippen LogP contribution in [0.2, 0.25) is 0 Å². The average molecular weight is 169 g/mol. The molecular weight excluding hydrogens is 157 g/mol. The van der Waals surface area contributed by atoms with Gasteiger partial charge in [-0.25, -0.2) is 4.39 Å². The molecule has 0 aromatic heterocycles. The van der Waals surface area contributed by atoms with Crippen molar-refractivity contribution in [2.45, 2.75) is 6.92 Å². The molecule has 0 aliphatic rings. The van der Waals surface area contributed by atoms with Crippen LogP contribution in [0.4, 0.5) is 10.1 Å². The molecule has 1 rings (SSSR count). The summed E-state index contributed by atoms with van der Waals surface area (Å²) in [6.45, 7) is 2.20. The van der Waals surface area contributed by atoms with Crippen molar-refractivity contribution < 1.29 is 9.50 Å². The smallest absolute Gasteiger partial charge is 0.128 e. The van der Waals surface area contributed by atoms with Crippen LogP contribution in [0.25, 0.3) is 0 Å². The van der Waals surface area contributed by atoms with Crippen LogP contribution in [-0.2, 0) is 0 Å². The second kappa shape index (κ2) is 4.07. The summed E-state index contributed by atoms with van der Waals surface area (Å²) in [5.41, 5.74) is 1.33. The highest BCUT2D eigenvalue weighted by Crippen LogP contribution is 2.16. The summed E-state index contributed by atoms with van der Waals surface area (Å²) in [7, 11) is 0. The lowest BCUT2D eigenvalue weighted by atomic mass is 10.2. The minimum Gasteiger partial charge on any atom is -0.395 e. The molecule has 0 aliphatic carbocycles. The third kappa shape index (κ3) is 1.95. The SMILES string of the molecule is Cc1c(F)cccc1NCCO. The van der Waals surface area contributed by atoms with Crippen LogP contribution in [-0.4, -0.2) is 18.3 Å². The molecule has 0 fully saturated rings. The summed E-state index contributed by atoms with van der Waals surface area (Å²) in [5, 5.41) is 11.4. The molecule has 3 heteroatoms. The Bertz CT molecular complexity index is 263. The van der Waals surface area contributed by atoms with E-state index in [-0.39, 0.29) is 12.4 Å². The molecule has 0 aliphatic heterocycles. The van der Waals surface area contributed by atoms with Crippen molar-refractivity contribution in [1.82, 2.24) is 0 Å². The van der Waals surface area contributed by atoms with Gasteiger partial charge in [-0.1, -0.05) is 6.07 Å². The molecule has 0 spiro atoms. The second-order valence-corrected chi connectivity index (χ2v) is 2.56. The van der Waals surface area contributed by atoms with Crippen molar-refractivity contribution in [1.29, 1.82) is 0 Å². The largest absolute Gasteiger partial charge is 0.395 e. The zero-order valence-corrected chi connectivity index (χ0v) is 6.97. The van der Waals surface area contributed by atoms with Crippen molar-refractivity contribution in [2.24, 2.45) is 0 Å². The highest BCUT2D eigenvalue weighted by Gasteiger charge is 2.00. The van der Waals surface area contributed by atoms with Gasteiger partial charge in [0.2, 0.25) is 0 Å². The normalized spacial score (nSPS) is 9.92. The number of aliphatic hydroxyl groups excluding tert-OH is 1. The molecule has 0 unspecified atom stereocenters. The molecule has 12 heavy (non-hydrogen) atoms. The van der Waals surface area contributed by atoms with E-state index in [1.807, 2.05) is 0 Å². The van der Waals surface area contributed by atoms with E-state index >= 15 is 0 Å². The standard InChI is InChI=1S/C9H12FNO/c1-7-8(10)3-2-4-9(7)11-5-6-12/h2-4,11-12H,5-6H2,1H3. The van der Waals surface area contributed by atoms with Crippen molar-refractivity contribution in [3.8, 4) is 0 Å². The van der Waals surface area contributed by atoms with Crippen LogP contribution in [0.5, 0.6) is 0 Å². The summed E-state index contributed by atoms with van der Waals surface area (Å²) >= 11 is 0. The molecule has 2 nitrogen and oxygen atoms in total. The lowest BCUT2D eigenvalue weighted by Gasteiger charge is -2.07. The first-order valence-electron chi connectivity index (χ1n) is 3.85. The predicted octanol–water partition coefficient (Wildman–Crippen LogP) is 1.54. The topological polar surface area (TPSA) is 32.3 Å².